The maximum absolute atomic E-state index is 14.3. The fourth-order valence-electron chi connectivity index (χ4n) is 9.20. The predicted molar refractivity (Wildman–Crippen MR) is 237 cm³/mol. The Hall–Kier alpha value is -6.71. The van der Waals surface area contributed by atoms with Crippen molar-refractivity contribution in [2.75, 3.05) is 61.3 Å². The third kappa shape index (κ3) is 9.35. The number of hydrogen-bond acceptors (Lipinski definition) is 13. The number of piperidine rings is 1. The molecule has 350 valence electrons. The number of hydrogen-bond donors (Lipinski definition) is 7. The van der Waals surface area contributed by atoms with E-state index in [1.165, 1.54) is 30.6 Å². The number of rotatable bonds is 10. The molecule has 4 aromatic heterocycles. The zero-order valence-corrected chi connectivity index (χ0v) is 36.8. The van der Waals surface area contributed by atoms with E-state index >= 15 is 0 Å². The first-order valence-corrected chi connectivity index (χ1v) is 21.8. The molecule has 1 aliphatic carbocycles. The number of likely N-dealkylation sites (tertiary alicyclic amines) is 1. The van der Waals surface area contributed by atoms with E-state index in [0.29, 0.717) is 59.3 Å². The number of carbonyl (C=O) groups excluding carboxylic acids is 2. The lowest BCUT2D eigenvalue weighted by molar-refractivity contribution is -0.138. The van der Waals surface area contributed by atoms with Crippen LogP contribution in [-0.4, -0.2) is 99.1 Å². The van der Waals surface area contributed by atoms with E-state index in [0.717, 1.165) is 39.2 Å². The van der Waals surface area contributed by atoms with Crippen molar-refractivity contribution in [3.8, 4) is 28.6 Å². The Labute approximate surface area is 384 Å². The summed E-state index contributed by atoms with van der Waals surface area (Å²) in [5, 5.41) is 25.3. The molecule has 3 atom stereocenters. The van der Waals surface area contributed by atoms with Gasteiger partial charge in [-0.25, -0.2) is 29.5 Å². The molecule has 2 aromatic carbocycles. The topological polar surface area (TPSA) is 223 Å². The number of halogens is 7. The molecule has 17 nitrogen and oxygen atoms in total. The number of methoxy groups -OCH3 is 1. The lowest BCUT2D eigenvalue weighted by atomic mass is 10.0. The Morgan fingerprint density at radius 1 is 0.836 bits per heavy atom. The van der Waals surface area contributed by atoms with Crippen LogP contribution < -0.4 is 26.6 Å². The van der Waals surface area contributed by atoms with Gasteiger partial charge >= 0.3 is 24.5 Å². The van der Waals surface area contributed by atoms with E-state index < -0.39 is 41.4 Å². The van der Waals surface area contributed by atoms with Gasteiger partial charge in [0.1, 0.15) is 23.9 Å². The van der Waals surface area contributed by atoms with Gasteiger partial charge in [-0.1, -0.05) is 6.07 Å². The normalized spacial score (nSPS) is 19.8. The standard InChI is InChI=1S/C43H40BrF6N13O4/c1-66-40(64)59-31-6-4-24-27(14-53-34(24)26(31)11-51)35-29(42(45,46)47)16-55-38(61-35)57-22-3-2-8-63(18-22)19-67-41(65)60-32-7-5-25-28(15-54-37(25)33(32)44)36-30(43(48,49)50)17-56-39(62-36)58-23-9-20-12-52-13-21(20)10-23/h4-7,14-17,20-23,52-54H,2-3,8-10,12-13,18-19H2,1H3,(H,59,64)(H,60,65)(H,55,57,61)(H,56,58,62)/t20?,21?,22-,23?/m0/s1. The zero-order chi connectivity index (χ0) is 47.2. The average molecular weight is 997 g/mol. The van der Waals surface area contributed by atoms with Crippen molar-refractivity contribution in [3.63, 3.8) is 0 Å². The monoisotopic (exact) mass is 995 g/mol. The Kier molecular flexibility index (Phi) is 12.3. The predicted octanol–water partition coefficient (Wildman–Crippen LogP) is 8.91. The van der Waals surface area contributed by atoms with E-state index in [9.17, 15) is 41.2 Å². The summed E-state index contributed by atoms with van der Waals surface area (Å²) >= 11 is 3.48. The van der Waals surface area contributed by atoms with Crippen LogP contribution in [0.25, 0.3) is 44.3 Å². The number of nitrogens with zero attached hydrogens (tertiary/aromatic N) is 6. The molecule has 9 rings (SSSR count). The summed E-state index contributed by atoms with van der Waals surface area (Å²) in [6.07, 6.45) is -4.04. The summed E-state index contributed by atoms with van der Waals surface area (Å²) < 4.78 is 96.4. The summed E-state index contributed by atoms with van der Waals surface area (Å²) in [6.45, 7) is 2.52. The van der Waals surface area contributed by atoms with Gasteiger partial charge in [-0.05, 0) is 84.7 Å². The van der Waals surface area contributed by atoms with Crippen molar-refractivity contribution in [2.45, 2.75) is 50.1 Å². The molecule has 2 amide bonds. The van der Waals surface area contributed by atoms with E-state index in [2.05, 4.69) is 77.2 Å². The lowest BCUT2D eigenvalue weighted by Crippen LogP contribution is -2.43. The maximum atomic E-state index is 14.3. The Morgan fingerprint density at radius 2 is 1.40 bits per heavy atom. The van der Waals surface area contributed by atoms with Crippen LogP contribution in [0.15, 0.2) is 53.5 Å². The van der Waals surface area contributed by atoms with Gasteiger partial charge in [0.2, 0.25) is 11.9 Å². The van der Waals surface area contributed by atoms with Crippen LogP contribution in [0.5, 0.6) is 0 Å². The van der Waals surface area contributed by atoms with Crippen LogP contribution >= 0.6 is 15.9 Å². The second-order valence-corrected chi connectivity index (χ2v) is 17.3. The molecular weight excluding hydrogens is 956 g/mol. The Morgan fingerprint density at radius 3 is 2.00 bits per heavy atom. The van der Waals surface area contributed by atoms with E-state index in [1.807, 2.05) is 11.0 Å². The van der Waals surface area contributed by atoms with Crippen molar-refractivity contribution in [1.82, 2.24) is 40.1 Å². The van der Waals surface area contributed by atoms with Gasteiger partial charge in [-0.2, -0.15) is 31.6 Å². The summed E-state index contributed by atoms with van der Waals surface area (Å²) in [4.78, 5) is 49.3. The zero-order valence-electron chi connectivity index (χ0n) is 35.3. The largest absolute Gasteiger partial charge is 0.453 e. The first-order valence-electron chi connectivity index (χ1n) is 21.1. The Balaban J connectivity index is 0.858. The molecule has 0 bridgehead atoms. The molecule has 3 fully saturated rings. The highest BCUT2D eigenvalue weighted by Crippen LogP contribution is 2.43. The van der Waals surface area contributed by atoms with Crippen molar-refractivity contribution in [1.29, 1.82) is 5.26 Å². The second-order valence-electron chi connectivity index (χ2n) is 16.5. The molecule has 2 saturated heterocycles. The van der Waals surface area contributed by atoms with Gasteiger partial charge in [-0.3, -0.25) is 15.5 Å². The van der Waals surface area contributed by atoms with Crippen molar-refractivity contribution in [2.24, 2.45) is 11.8 Å². The fraction of sp³-hybridized carbons (Fsp3) is 0.372. The summed E-state index contributed by atoms with van der Waals surface area (Å²) in [6, 6.07) is 7.58. The molecule has 2 aliphatic heterocycles. The van der Waals surface area contributed by atoms with Gasteiger partial charge in [0.05, 0.1) is 50.9 Å². The summed E-state index contributed by atoms with van der Waals surface area (Å²) in [7, 11) is 1.14. The van der Waals surface area contributed by atoms with E-state index in [1.54, 1.807) is 6.07 Å². The van der Waals surface area contributed by atoms with Gasteiger partial charge in [0, 0.05) is 71.9 Å². The first-order chi connectivity index (χ1) is 32.1. The molecule has 67 heavy (non-hydrogen) atoms. The number of aromatic amines is 2. The van der Waals surface area contributed by atoms with E-state index in [4.69, 9.17) is 4.74 Å². The van der Waals surface area contributed by atoms with Crippen molar-refractivity contribution in [3.05, 3.63) is 70.2 Å². The quantitative estimate of drug-likeness (QED) is 0.0638. The highest BCUT2D eigenvalue weighted by atomic mass is 79.9. The van der Waals surface area contributed by atoms with Gasteiger partial charge < -0.3 is 35.4 Å². The van der Waals surface area contributed by atoms with Crippen LogP contribution in [0, 0.1) is 23.2 Å². The average Bonchev–Trinajstić information content (AvgIpc) is 4.10. The minimum atomic E-state index is -4.83. The van der Waals surface area contributed by atoms with Gasteiger partial charge in [0.25, 0.3) is 0 Å². The third-order valence-corrected chi connectivity index (χ3v) is 13.1. The van der Waals surface area contributed by atoms with E-state index in [-0.39, 0.29) is 75.4 Å². The maximum Gasteiger partial charge on any atom is 0.419 e. The van der Waals surface area contributed by atoms with Crippen LogP contribution in [0.4, 0.5) is 59.2 Å². The first kappa shape index (κ1) is 45.4. The fourth-order valence-corrected chi connectivity index (χ4v) is 9.76. The second kappa shape index (κ2) is 18.2. The van der Waals surface area contributed by atoms with Gasteiger partial charge in [0.15, 0.2) is 0 Å². The number of amides is 2. The number of nitriles is 1. The van der Waals surface area contributed by atoms with Crippen LogP contribution in [0.1, 0.15) is 42.4 Å². The molecular formula is C43H40BrF6N13O4. The number of H-pyrrole nitrogens is 2. The smallest absolute Gasteiger partial charge is 0.419 e. The highest BCUT2D eigenvalue weighted by molar-refractivity contribution is 9.10. The molecule has 2 unspecified atom stereocenters. The van der Waals surface area contributed by atoms with Crippen LogP contribution in [-0.2, 0) is 21.8 Å². The third-order valence-electron chi connectivity index (χ3n) is 12.3. The number of benzene rings is 2. The number of alkyl halides is 6. The molecule has 6 heterocycles. The van der Waals surface area contributed by atoms with Crippen LogP contribution in [0.3, 0.4) is 0 Å². The minimum absolute atomic E-state index is 0.0255. The highest BCUT2D eigenvalue weighted by Gasteiger charge is 2.40. The Bertz CT molecular complexity index is 2910. The van der Waals surface area contributed by atoms with Crippen molar-refractivity contribution >= 4 is 73.2 Å². The number of anilines is 4. The molecule has 0 spiro atoms. The van der Waals surface area contributed by atoms with Gasteiger partial charge in [-0.15, -0.1) is 0 Å². The minimum Gasteiger partial charge on any atom is -0.453 e. The SMILES string of the molecule is COC(=O)Nc1ccc2c(-c3nc(N[C@H]4CCCN(COC(=O)Nc5ccc6c(-c7nc(NC8CC9CNCC9C8)ncc7C(F)(F)F)c[nH]c6c5Br)C4)ncc3C(F)(F)F)c[nH]c2c1C#N. The lowest BCUT2D eigenvalue weighted by Gasteiger charge is -2.32. The van der Waals surface area contributed by atoms with Crippen molar-refractivity contribution < 1.29 is 45.4 Å². The number of carbonyl (C=O) groups is 2. The number of ether oxygens (including phenoxy) is 2. The molecule has 3 aliphatic rings. The summed E-state index contributed by atoms with van der Waals surface area (Å²) in [5.41, 5.74) is -1.68. The molecule has 0 radical (unpaired) electrons. The number of nitrogens with one attached hydrogen (secondary N) is 7. The molecule has 24 heteroatoms. The number of aromatic nitrogens is 6. The molecule has 6 aromatic rings. The molecule has 7 N–H and O–H groups in total. The number of fused-ring (bicyclic) bond motifs is 3. The summed E-state index contributed by atoms with van der Waals surface area (Å²) in [5.74, 6) is 1.03. The van der Waals surface area contributed by atoms with Crippen LogP contribution in [0.2, 0.25) is 0 Å². The molecule has 1 saturated carbocycles.